The largest absolute Gasteiger partial charge is 0.392 e. The van der Waals surface area contributed by atoms with Gasteiger partial charge in [0.15, 0.2) is 0 Å². The maximum absolute atomic E-state index is 9.98. The van der Waals surface area contributed by atoms with Crippen LogP contribution >= 0.6 is 0 Å². The zero-order chi connectivity index (χ0) is 10.3. The maximum Gasteiger partial charge on any atom is 0.0629 e. The topological polar surface area (TPSA) is 38.0 Å². The third-order valence-corrected chi connectivity index (χ3v) is 3.24. The fourth-order valence-corrected chi connectivity index (χ4v) is 2.57. The Morgan fingerprint density at radius 1 is 1.50 bits per heavy atom. The number of aromatic nitrogens is 2. The van der Waals surface area contributed by atoms with Gasteiger partial charge in [0.2, 0.25) is 0 Å². The number of aliphatic hydroxyl groups excluding tert-OH is 1. The molecule has 1 aromatic rings. The van der Waals surface area contributed by atoms with Crippen molar-refractivity contribution in [3.8, 4) is 0 Å². The SMILES string of the molecule is Cn1nccc1[C@H]1CC(C)(C)C[C@@H]1O. The number of aliphatic hydroxyl groups is 1. The molecule has 0 bridgehead atoms. The van der Waals surface area contributed by atoms with Gasteiger partial charge in [-0.05, 0) is 24.3 Å². The summed E-state index contributed by atoms with van der Waals surface area (Å²) in [6.45, 7) is 4.43. The molecule has 1 saturated carbocycles. The summed E-state index contributed by atoms with van der Waals surface area (Å²) in [6, 6.07) is 2.01. The van der Waals surface area contributed by atoms with Crippen LogP contribution in [-0.4, -0.2) is 21.0 Å². The minimum absolute atomic E-state index is 0.208. The van der Waals surface area contributed by atoms with Crippen LogP contribution in [0.5, 0.6) is 0 Å². The molecule has 78 valence electrons. The molecule has 1 aliphatic rings. The average molecular weight is 194 g/mol. The van der Waals surface area contributed by atoms with Crippen molar-refractivity contribution in [3.05, 3.63) is 18.0 Å². The Balaban J connectivity index is 2.25. The van der Waals surface area contributed by atoms with Gasteiger partial charge < -0.3 is 5.11 Å². The first-order valence-corrected chi connectivity index (χ1v) is 5.15. The summed E-state index contributed by atoms with van der Waals surface area (Å²) in [5.41, 5.74) is 1.41. The second-order valence-electron chi connectivity index (χ2n) is 5.13. The van der Waals surface area contributed by atoms with Crippen LogP contribution in [0.4, 0.5) is 0 Å². The highest BCUT2D eigenvalue weighted by atomic mass is 16.3. The van der Waals surface area contributed by atoms with Gasteiger partial charge in [-0.3, -0.25) is 4.68 Å². The Labute approximate surface area is 84.7 Å². The molecule has 1 heterocycles. The van der Waals surface area contributed by atoms with Crippen molar-refractivity contribution in [2.75, 3.05) is 0 Å². The molecule has 14 heavy (non-hydrogen) atoms. The first-order chi connectivity index (χ1) is 6.49. The molecule has 2 rings (SSSR count). The second kappa shape index (κ2) is 3.09. The fraction of sp³-hybridized carbons (Fsp3) is 0.727. The van der Waals surface area contributed by atoms with Crippen molar-refractivity contribution < 1.29 is 5.11 Å². The molecule has 0 spiro atoms. The van der Waals surface area contributed by atoms with Crippen LogP contribution in [0, 0.1) is 5.41 Å². The molecule has 0 radical (unpaired) electrons. The highest BCUT2D eigenvalue weighted by molar-refractivity contribution is 5.14. The quantitative estimate of drug-likeness (QED) is 0.738. The predicted octanol–water partition coefficient (Wildman–Crippen LogP) is 1.68. The third-order valence-electron chi connectivity index (χ3n) is 3.24. The number of hydrogen-bond acceptors (Lipinski definition) is 2. The lowest BCUT2D eigenvalue weighted by Crippen LogP contribution is -2.14. The normalized spacial score (nSPS) is 30.9. The Bertz CT molecular complexity index is 330. The van der Waals surface area contributed by atoms with Gasteiger partial charge in [0.25, 0.3) is 0 Å². The lowest BCUT2D eigenvalue weighted by molar-refractivity contribution is 0.151. The molecule has 1 aliphatic carbocycles. The Kier molecular flexibility index (Phi) is 2.14. The minimum atomic E-state index is -0.208. The van der Waals surface area contributed by atoms with E-state index in [1.165, 1.54) is 0 Å². The molecule has 1 fully saturated rings. The first-order valence-electron chi connectivity index (χ1n) is 5.15. The Morgan fingerprint density at radius 2 is 2.21 bits per heavy atom. The highest BCUT2D eigenvalue weighted by Crippen LogP contribution is 2.45. The molecule has 3 heteroatoms. The molecule has 1 aromatic heterocycles. The number of nitrogens with zero attached hydrogens (tertiary/aromatic N) is 2. The van der Waals surface area contributed by atoms with Gasteiger partial charge in [-0.25, -0.2) is 0 Å². The summed E-state index contributed by atoms with van der Waals surface area (Å²) < 4.78 is 1.87. The van der Waals surface area contributed by atoms with Crippen molar-refractivity contribution in [3.63, 3.8) is 0 Å². The maximum atomic E-state index is 9.98. The van der Waals surface area contributed by atoms with Gasteiger partial charge in [0.1, 0.15) is 0 Å². The van der Waals surface area contributed by atoms with Crippen molar-refractivity contribution in [2.45, 2.75) is 38.7 Å². The van der Waals surface area contributed by atoms with E-state index in [1.807, 2.05) is 17.8 Å². The third kappa shape index (κ3) is 1.57. The van der Waals surface area contributed by atoms with Crippen LogP contribution < -0.4 is 0 Å². The van der Waals surface area contributed by atoms with Crippen LogP contribution in [0.15, 0.2) is 12.3 Å². The van der Waals surface area contributed by atoms with Gasteiger partial charge in [-0.15, -0.1) is 0 Å². The Morgan fingerprint density at radius 3 is 2.64 bits per heavy atom. The van der Waals surface area contributed by atoms with E-state index in [0.29, 0.717) is 0 Å². The molecular weight excluding hydrogens is 176 g/mol. The van der Waals surface area contributed by atoms with Gasteiger partial charge in [-0.1, -0.05) is 13.8 Å². The van der Waals surface area contributed by atoms with Crippen LogP contribution in [0.3, 0.4) is 0 Å². The fourth-order valence-electron chi connectivity index (χ4n) is 2.57. The van der Waals surface area contributed by atoms with Crippen molar-refractivity contribution in [1.29, 1.82) is 0 Å². The van der Waals surface area contributed by atoms with E-state index in [9.17, 15) is 5.11 Å². The molecule has 2 atom stereocenters. The first kappa shape index (κ1) is 9.71. The second-order valence-corrected chi connectivity index (χ2v) is 5.13. The smallest absolute Gasteiger partial charge is 0.0629 e. The minimum Gasteiger partial charge on any atom is -0.392 e. The summed E-state index contributed by atoms with van der Waals surface area (Å²) in [5, 5.41) is 14.1. The van der Waals surface area contributed by atoms with Crippen LogP contribution in [0.25, 0.3) is 0 Å². The van der Waals surface area contributed by atoms with Gasteiger partial charge in [0.05, 0.1) is 6.10 Å². The molecule has 3 nitrogen and oxygen atoms in total. The molecular formula is C11H18N2O. The van der Waals surface area contributed by atoms with Crippen LogP contribution in [0.2, 0.25) is 0 Å². The van der Waals surface area contributed by atoms with E-state index in [4.69, 9.17) is 0 Å². The van der Waals surface area contributed by atoms with E-state index in [-0.39, 0.29) is 17.4 Å². The van der Waals surface area contributed by atoms with Gasteiger partial charge in [-0.2, -0.15) is 5.10 Å². The number of hydrogen-bond donors (Lipinski definition) is 1. The van der Waals surface area contributed by atoms with E-state index in [2.05, 4.69) is 18.9 Å². The Hall–Kier alpha value is -0.830. The summed E-state index contributed by atoms with van der Waals surface area (Å²) >= 11 is 0. The van der Waals surface area contributed by atoms with E-state index in [0.717, 1.165) is 18.5 Å². The molecule has 0 aliphatic heterocycles. The standard InChI is InChI=1S/C11H18N2O/c1-11(2)6-8(10(14)7-11)9-4-5-12-13(9)3/h4-5,8,10,14H,6-7H2,1-3H3/t8-,10+/m1/s1. The molecule has 0 saturated heterocycles. The zero-order valence-corrected chi connectivity index (χ0v) is 9.07. The molecule has 0 aromatic carbocycles. The zero-order valence-electron chi connectivity index (χ0n) is 9.07. The van der Waals surface area contributed by atoms with Crippen molar-refractivity contribution in [2.24, 2.45) is 12.5 Å². The molecule has 0 amide bonds. The van der Waals surface area contributed by atoms with Crippen LogP contribution in [-0.2, 0) is 7.05 Å². The summed E-state index contributed by atoms with van der Waals surface area (Å²) in [4.78, 5) is 0. The van der Waals surface area contributed by atoms with E-state index in [1.54, 1.807) is 6.20 Å². The predicted molar refractivity (Wildman–Crippen MR) is 55.0 cm³/mol. The lowest BCUT2D eigenvalue weighted by Gasteiger charge is -2.16. The number of rotatable bonds is 1. The van der Waals surface area contributed by atoms with Gasteiger partial charge in [0, 0.05) is 24.9 Å². The lowest BCUT2D eigenvalue weighted by atomic mass is 9.90. The van der Waals surface area contributed by atoms with E-state index < -0.39 is 0 Å². The van der Waals surface area contributed by atoms with Gasteiger partial charge >= 0.3 is 0 Å². The highest BCUT2D eigenvalue weighted by Gasteiger charge is 2.39. The van der Waals surface area contributed by atoms with Crippen molar-refractivity contribution in [1.82, 2.24) is 9.78 Å². The summed E-state index contributed by atoms with van der Waals surface area (Å²) in [6.07, 6.45) is 3.53. The van der Waals surface area contributed by atoms with E-state index >= 15 is 0 Å². The monoisotopic (exact) mass is 194 g/mol. The molecule has 0 unspecified atom stereocenters. The summed E-state index contributed by atoms with van der Waals surface area (Å²) in [7, 11) is 1.94. The van der Waals surface area contributed by atoms with Crippen LogP contribution in [0.1, 0.15) is 38.3 Å². The van der Waals surface area contributed by atoms with Crippen molar-refractivity contribution >= 4 is 0 Å². The average Bonchev–Trinajstić information content (AvgIpc) is 2.55. The molecule has 1 N–H and O–H groups in total. The summed E-state index contributed by atoms with van der Waals surface area (Å²) in [5.74, 6) is 0.262. The number of aryl methyl sites for hydroxylation is 1.